The van der Waals surface area contributed by atoms with E-state index in [1.165, 1.54) is 36.7 Å². The zero-order valence-corrected chi connectivity index (χ0v) is 15.3. The summed E-state index contributed by atoms with van der Waals surface area (Å²) < 4.78 is 30.8. The van der Waals surface area contributed by atoms with Crippen LogP contribution >= 0.6 is 0 Å². The maximum absolute atomic E-state index is 14.4. The second-order valence-electron chi connectivity index (χ2n) is 7.04. The van der Waals surface area contributed by atoms with E-state index in [1.54, 1.807) is 35.2 Å². The molecule has 4 aromatic rings. The third-order valence-corrected chi connectivity index (χ3v) is 4.22. The van der Waals surface area contributed by atoms with Crippen molar-refractivity contribution in [3.05, 3.63) is 60.4 Å². The monoisotopic (exact) mass is 378 g/mol. The van der Waals surface area contributed by atoms with Crippen LogP contribution < -0.4 is 0 Å². The number of hydrogen-bond donors (Lipinski definition) is 0. The van der Waals surface area contributed by atoms with Crippen LogP contribution in [0, 0.1) is 17.1 Å². The fourth-order valence-electron chi connectivity index (χ4n) is 3.07. The highest BCUT2D eigenvalue weighted by Gasteiger charge is 2.23. The molecule has 6 nitrogen and oxygen atoms in total. The lowest BCUT2D eigenvalue weighted by Gasteiger charge is -2.17. The first kappa shape index (κ1) is 17.8. The molecule has 8 heteroatoms. The van der Waals surface area contributed by atoms with Gasteiger partial charge in [0.15, 0.2) is 11.3 Å². The maximum atomic E-state index is 14.4. The van der Waals surface area contributed by atoms with Crippen LogP contribution in [-0.2, 0) is 6.54 Å². The minimum atomic E-state index is -1.48. The highest BCUT2D eigenvalue weighted by molar-refractivity contribution is 5.77. The second kappa shape index (κ2) is 6.53. The molecule has 140 valence electrons. The van der Waals surface area contributed by atoms with Crippen LogP contribution in [0.4, 0.5) is 8.78 Å². The van der Waals surface area contributed by atoms with Crippen molar-refractivity contribution >= 4 is 5.65 Å². The van der Waals surface area contributed by atoms with E-state index in [0.717, 1.165) is 0 Å². The van der Waals surface area contributed by atoms with Gasteiger partial charge in [-0.15, -0.1) is 0 Å². The largest absolute Gasteiger partial charge is 0.326 e. The molecule has 0 radical (unpaired) electrons. The summed E-state index contributed by atoms with van der Waals surface area (Å²) >= 11 is 0. The first-order chi connectivity index (χ1) is 13.4. The Kier molecular flexibility index (Phi) is 4.15. The Morgan fingerprint density at radius 3 is 2.54 bits per heavy atom. The van der Waals surface area contributed by atoms with Gasteiger partial charge in [-0.1, -0.05) is 0 Å². The Bertz CT molecular complexity index is 1190. The van der Waals surface area contributed by atoms with Crippen molar-refractivity contribution in [1.82, 2.24) is 24.1 Å². The van der Waals surface area contributed by atoms with Crippen LogP contribution in [0.1, 0.15) is 19.5 Å². The normalized spacial score (nSPS) is 11.7. The summed E-state index contributed by atoms with van der Waals surface area (Å²) in [6, 6.07) is 11.4. The lowest BCUT2D eigenvalue weighted by molar-refractivity contribution is 0.187. The van der Waals surface area contributed by atoms with Crippen molar-refractivity contribution in [2.24, 2.45) is 0 Å². The van der Waals surface area contributed by atoms with E-state index >= 15 is 0 Å². The van der Waals surface area contributed by atoms with Gasteiger partial charge in [0.2, 0.25) is 0 Å². The molecule has 0 bridgehead atoms. The second-order valence-corrected chi connectivity index (χ2v) is 7.04. The van der Waals surface area contributed by atoms with Crippen molar-refractivity contribution in [1.29, 1.82) is 5.26 Å². The predicted octanol–water partition coefficient (Wildman–Crippen LogP) is 4.02. The summed E-state index contributed by atoms with van der Waals surface area (Å²) in [7, 11) is 0. The number of fused-ring (bicyclic) bond motifs is 1. The van der Waals surface area contributed by atoms with Crippen LogP contribution in [0.2, 0.25) is 0 Å². The summed E-state index contributed by atoms with van der Waals surface area (Å²) in [5.74, 6) is -0.355. The molecule has 1 aromatic carbocycles. The lowest BCUT2D eigenvalue weighted by Crippen LogP contribution is -2.21. The van der Waals surface area contributed by atoms with E-state index in [0.29, 0.717) is 28.3 Å². The number of rotatable bonds is 4. The van der Waals surface area contributed by atoms with Gasteiger partial charge in [-0.2, -0.15) is 10.4 Å². The Morgan fingerprint density at radius 1 is 1.11 bits per heavy atom. The molecule has 0 unspecified atom stereocenters. The average molecular weight is 378 g/mol. The van der Waals surface area contributed by atoms with Crippen LogP contribution in [0.25, 0.3) is 28.3 Å². The van der Waals surface area contributed by atoms with Crippen LogP contribution in [0.3, 0.4) is 0 Å². The topological polar surface area (TPSA) is 71.8 Å². The molecule has 0 saturated heterocycles. The van der Waals surface area contributed by atoms with Gasteiger partial charge in [-0.3, -0.25) is 0 Å². The summed E-state index contributed by atoms with van der Waals surface area (Å²) in [6.07, 6.45) is 2.98. The molecule has 0 aliphatic heterocycles. The zero-order valence-electron chi connectivity index (χ0n) is 15.3. The van der Waals surface area contributed by atoms with Crippen LogP contribution in [0.15, 0.2) is 48.9 Å². The first-order valence-electron chi connectivity index (χ1n) is 8.61. The lowest BCUT2D eigenvalue weighted by atomic mass is 10.1. The molecular formula is C20H16F2N6. The zero-order chi connectivity index (χ0) is 19.9. The number of nitrogens with zero attached hydrogens (tertiary/aromatic N) is 6. The number of hydrogen-bond acceptors (Lipinski definition) is 4. The van der Waals surface area contributed by atoms with E-state index in [2.05, 4.69) is 15.1 Å². The van der Waals surface area contributed by atoms with Gasteiger partial charge in [0.1, 0.15) is 23.2 Å². The number of nitriles is 1. The number of aromatic nitrogens is 5. The molecule has 4 rings (SSSR count). The molecule has 0 atom stereocenters. The van der Waals surface area contributed by atoms with Crippen molar-refractivity contribution < 1.29 is 8.78 Å². The minimum Gasteiger partial charge on any atom is -0.326 e. The molecule has 0 spiro atoms. The molecule has 0 fully saturated rings. The van der Waals surface area contributed by atoms with E-state index in [4.69, 9.17) is 0 Å². The number of alkyl halides is 1. The third kappa shape index (κ3) is 3.22. The fourth-order valence-corrected chi connectivity index (χ4v) is 3.07. The molecule has 28 heavy (non-hydrogen) atoms. The van der Waals surface area contributed by atoms with Crippen LogP contribution in [-0.4, -0.2) is 29.8 Å². The fraction of sp³-hybridized carbons (Fsp3) is 0.200. The Morgan fingerprint density at radius 2 is 1.86 bits per heavy atom. The van der Waals surface area contributed by atoms with E-state index in [9.17, 15) is 14.0 Å². The predicted molar refractivity (Wildman–Crippen MR) is 99.5 cm³/mol. The summed E-state index contributed by atoms with van der Waals surface area (Å²) in [6.45, 7) is 3.02. The average Bonchev–Trinajstić information content (AvgIpc) is 3.24. The molecule has 0 N–H and O–H groups in total. The van der Waals surface area contributed by atoms with Crippen molar-refractivity contribution in [2.45, 2.75) is 26.1 Å². The van der Waals surface area contributed by atoms with Gasteiger partial charge in [0, 0.05) is 5.56 Å². The van der Waals surface area contributed by atoms with Gasteiger partial charge >= 0.3 is 0 Å². The molecule has 0 aliphatic carbocycles. The van der Waals surface area contributed by atoms with Gasteiger partial charge in [-0.05, 0) is 50.2 Å². The Labute approximate surface area is 159 Å². The first-order valence-corrected chi connectivity index (χ1v) is 8.61. The summed E-state index contributed by atoms with van der Waals surface area (Å²) in [5, 5.41) is 13.8. The van der Waals surface area contributed by atoms with E-state index in [-0.39, 0.29) is 18.1 Å². The highest BCUT2D eigenvalue weighted by Crippen LogP contribution is 2.32. The molecule has 0 aliphatic rings. The molecule has 0 saturated carbocycles. The van der Waals surface area contributed by atoms with E-state index in [1.807, 2.05) is 6.07 Å². The molecule has 3 heterocycles. The number of imidazole rings is 2. The minimum absolute atomic E-state index is 0.0608. The SMILES string of the molecule is CC(C)(F)Cn1cnc(-c2ccc(F)cc2)c1-c1ccc2ncc(C#N)n2n1. The third-order valence-electron chi connectivity index (χ3n) is 4.22. The highest BCUT2D eigenvalue weighted by atomic mass is 19.1. The quantitative estimate of drug-likeness (QED) is 0.538. The number of benzene rings is 1. The van der Waals surface area contributed by atoms with Crippen molar-refractivity contribution in [3.63, 3.8) is 0 Å². The standard InChI is InChI=1S/C20H16F2N6/c1-20(2,22)11-27-12-25-18(13-3-5-14(21)6-4-13)19(27)16-7-8-17-24-10-15(9-23)28(17)26-16/h3-8,10,12H,11H2,1-2H3. The van der Waals surface area contributed by atoms with Gasteiger partial charge < -0.3 is 4.57 Å². The maximum Gasteiger partial charge on any atom is 0.162 e. The Hall–Kier alpha value is -3.60. The Balaban J connectivity index is 1.94. The van der Waals surface area contributed by atoms with Crippen molar-refractivity contribution in [3.8, 4) is 28.7 Å². The molecule has 3 aromatic heterocycles. The summed E-state index contributed by atoms with van der Waals surface area (Å²) in [5.41, 5.74) is 1.65. The van der Waals surface area contributed by atoms with Gasteiger partial charge in [0.05, 0.1) is 30.5 Å². The van der Waals surface area contributed by atoms with Crippen LogP contribution in [0.5, 0.6) is 0 Å². The smallest absolute Gasteiger partial charge is 0.162 e. The summed E-state index contributed by atoms with van der Waals surface area (Å²) in [4.78, 5) is 8.57. The molecule has 0 amide bonds. The van der Waals surface area contributed by atoms with Crippen molar-refractivity contribution in [2.75, 3.05) is 0 Å². The molecular weight excluding hydrogens is 362 g/mol. The van der Waals surface area contributed by atoms with Gasteiger partial charge in [0.25, 0.3) is 0 Å². The van der Waals surface area contributed by atoms with Gasteiger partial charge in [-0.25, -0.2) is 23.3 Å². The van der Waals surface area contributed by atoms with E-state index < -0.39 is 5.67 Å². The number of halogens is 2.